The van der Waals surface area contributed by atoms with Gasteiger partial charge in [-0.2, -0.15) is 5.21 Å². The summed E-state index contributed by atoms with van der Waals surface area (Å²) in [5.74, 6) is 0.152. The monoisotopic (exact) mass is 316 g/mol. The van der Waals surface area contributed by atoms with Gasteiger partial charge in [0.15, 0.2) is 5.82 Å². The number of aromatic amines is 1. The normalized spacial score (nSPS) is 11.7. The fraction of sp³-hybridized carbons (Fsp3) is 0.400. The lowest BCUT2D eigenvalue weighted by Crippen LogP contribution is -2.27. The van der Waals surface area contributed by atoms with E-state index < -0.39 is 0 Å². The molecule has 1 aromatic carbocycles. The van der Waals surface area contributed by atoms with Crippen molar-refractivity contribution in [2.45, 2.75) is 39.2 Å². The number of anilines is 1. The molecule has 8 nitrogen and oxygen atoms in total. The Balaban J connectivity index is 1.91. The first-order chi connectivity index (χ1) is 11.1. The van der Waals surface area contributed by atoms with E-state index in [4.69, 9.17) is 0 Å². The molecule has 0 bridgehead atoms. The Kier molecular flexibility index (Phi) is 5.79. The predicted octanol–water partition coefficient (Wildman–Crippen LogP) is 1.82. The fourth-order valence-electron chi connectivity index (χ4n) is 1.96. The molecule has 2 rings (SSSR count). The van der Waals surface area contributed by atoms with Crippen LogP contribution in [0.3, 0.4) is 0 Å². The molecule has 23 heavy (non-hydrogen) atoms. The molecule has 2 aromatic rings. The zero-order valence-corrected chi connectivity index (χ0v) is 13.2. The molecule has 1 atom stereocenters. The van der Waals surface area contributed by atoms with Gasteiger partial charge in [-0.25, -0.2) is 0 Å². The van der Waals surface area contributed by atoms with Gasteiger partial charge >= 0.3 is 0 Å². The average molecular weight is 316 g/mol. The number of nitrogens with one attached hydrogen (secondary N) is 3. The van der Waals surface area contributed by atoms with E-state index >= 15 is 0 Å². The van der Waals surface area contributed by atoms with Crippen LogP contribution in [0.4, 0.5) is 5.69 Å². The van der Waals surface area contributed by atoms with Crippen LogP contribution in [0.5, 0.6) is 0 Å². The van der Waals surface area contributed by atoms with Crippen molar-refractivity contribution < 1.29 is 9.59 Å². The topological polar surface area (TPSA) is 113 Å². The highest BCUT2D eigenvalue weighted by atomic mass is 16.2. The number of amides is 2. The van der Waals surface area contributed by atoms with Gasteiger partial charge in [-0.1, -0.05) is 18.6 Å². The summed E-state index contributed by atoms with van der Waals surface area (Å²) in [5, 5.41) is 19.0. The summed E-state index contributed by atoms with van der Waals surface area (Å²) < 4.78 is 0. The Morgan fingerprint density at radius 2 is 2.00 bits per heavy atom. The molecule has 1 aromatic heterocycles. The van der Waals surface area contributed by atoms with E-state index in [9.17, 15) is 9.59 Å². The van der Waals surface area contributed by atoms with Crippen molar-refractivity contribution in [2.75, 3.05) is 5.32 Å². The number of rotatable bonds is 7. The van der Waals surface area contributed by atoms with Gasteiger partial charge in [0.1, 0.15) is 0 Å². The van der Waals surface area contributed by atoms with Crippen LogP contribution in [0.15, 0.2) is 24.3 Å². The van der Waals surface area contributed by atoms with E-state index in [2.05, 4.69) is 31.3 Å². The second-order valence-electron chi connectivity index (χ2n) is 5.19. The second-order valence-corrected chi connectivity index (χ2v) is 5.19. The number of H-pyrrole nitrogens is 1. The summed E-state index contributed by atoms with van der Waals surface area (Å²) in [5.41, 5.74) is 1.17. The maximum atomic E-state index is 12.1. The van der Waals surface area contributed by atoms with Crippen molar-refractivity contribution in [3.8, 4) is 0 Å². The van der Waals surface area contributed by atoms with Crippen molar-refractivity contribution in [1.29, 1.82) is 0 Å². The summed E-state index contributed by atoms with van der Waals surface area (Å²) in [7, 11) is 0. The lowest BCUT2D eigenvalue weighted by Gasteiger charge is -2.10. The number of aromatic nitrogens is 4. The highest BCUT2D eigenvalue weighted by molar-refractivity contribution is 5.95. The van der Waals surface area contributed by atoms with Crippen LogP contribution in [0.2, 0.25) is 0 Å². The zero-order chi connectivity index (χ0) is 16.7. The van der Waals surface area contributed by atoms with Crippen LogP contribution in [-0.4, -0.2) is 32.4 Å². The van der Waals surface area contributed by atoms with E-state index in [-0.39, 0.29) is 17.9 Å². The Morgan fingerprint density at radius 3 is 2.61 bits per heavy atom. The Hall–Kier alpha value is -2.77. The molecular formula is C15H20N6O2. The number of hydrogen-bond donors (Lipinski definition) is 3. The number of carbonyl (C=O) groups is 2. The van der Waals surface area contributed by atoms with Gasteiger partial charge in [0, 0.05) is 17.7 Å². The summed E-state index contributed by atoms with van der Waals surface area (Å²) in [4.78, 5) is 23.8. The van der Waals surface area contributed by atoms with Crippen LogP contribution in [-0.2, 0) is 4.79 Å². The van der Waals surface area contributed by atoms with E-state index in [0.717, 1.165) is 12.8 Å². The van der Waals surface area contributed by atoms with Crippen molar-refractivity contribution >= 4 is 17.5 Å². The number of carbonyl (C=O) groups excluding carboxylic acids is 2. The molecule has 2 amide bonds. The van der Waals surface area contributed by atoms with Crippen molar-refractivity contribution in [3.05, 3.63) is 35.7 Å². The van der Waals surface area contributed by atoms with Crippen LogP contribution in [0, 0.1) is 0 Å². The minimum atomic E-state index is -0.352. The molecule has 0 unspecified atom stereocenters. The van der Waals surface area contributed by atoms with E-state index in [0.29, 0.717) is 23.5 Å². The van der Waals surface area contributed by atoms with Crippen LogP contribution in [0.25, 0.3) is 0 Å². The van der Waals surface area contributed by atoms with Crippen molar-refractivity contribution in [3.63, 3.8) is 0 Å². The number of hydrogen-bond acceptors (Lipinski definition) is 5. The predicted molar refractivity (Wildman–Crippen MR) is 84.7 cm³/mol. The first kappa shape index (κ1) is 16.6. The lowest BCUT2D eigenvalue weighted by molar-refractivity contribution is -0.116. The minimum Gasteiger partial charge on any atom is -0.342 e. The summed E-state index contributed by atoms with van der Waals surface area (Å²) in [6.07, 6.45) is 2.34. The molecule has 0 aliphatic rings. The fourth-order valence-corrected chi connectivity index (χ4v) is 1.96. The smallest absolute Gasteiger partial charge is 0.251 e. The van der Waals surface area contributed by atoms with Crippen LogP contribution < -0.4 is 10.6 Å². The molecule has 0 aliphatic heterocycles. The van der Waals surface area contributed by atoms with Crippen molar-refractivity contribution in [2.24, 2.45) is 0 Å². The summed E-state index contributed by atoms with van der Waals surface area (Å²) >= 11 is 0. The first-order valence-electron chi connectivity index (χ1n) is 7.54. The quantitative estimate of drug-likeness (QED) is 0.721. The van der Waals surface area contributed by atoms with Crippen molar-refractivity contribution in [1.82, 2.24) is 25.9 Å². The third kappa shape index (κ3) is 4.87. The maximum absolute atomic E-state index is 12.1. The van der Waals surface area contributed by atoms with Gasteiger partial charge in [0.2, 0.25) is 5.91 Å². The minimum absolute atomic E-state index is 0.0187. The maximum Gasteiger partial charge on any atom is 0.251 e. The molecule has 3 N–H and O–H groups in total. The third-order valence-corrected chi connectivity index (χ3v) is 3.28. The Bertz CT molecular complexity index is 638. The highest BCUT2D eigenvalue weighted by Crippen LogP contribution is 2.12. The van der Waals surface area contributed by atoms with Gasteiger partial charge < -0.3 is 10.6 Å². The number of nitrogens with zero attached hydrogens (tertiary/aromatic N) is 3. The van der Waals surface area contributed by atoms with Gasteiger partial charge in [-0.15, -0.1) is 10.2 Å². The van der Waals surface area contributed by atoms with E-state index in [1.807, 2.05) is 6.92 Å². The van der Waals surface area contributed by atoms with Gasteiger partial charge in [-0.05, 0) is 37.6 Å². The molecule has 8 heteroatoms. The third-order valence-electron chi connectivity index (χ3n) is 3.28. The molecule has 0 radical (unpaired) electrons. The molecule has 122 valence electrons. The SMILES string of the molecule is CCCCC(=O)Nc1ccc(C(=O)N[C@@H](C)c2nn[nH]n2)cc1. The molecule has 1 heterocycles. The Morgan fingerprint density at radius 1 is 1.26 bits per heavy atom. The Labute approximate surface area is 134 Å². The lowest BCUT2D eigenvalue weighted by atomic mass is 10.1. The second kappa shape index (κ2) is 8.02. The molecule has 0 fully saturated rings. The van der Waals surface area contributed by atoms with Gasteiger partial charge in [-0.3, -0.25) is 9.59 Å². The largest absolute Gasteiger partial charge is 0.342 e. The number of tetrazole rings is 1. The van der Waals surface area contributed by atoms with E-state index in [1.54, 1.807) is 31.2 Å². The average Bonchev–Trinajstić information content (AvgIpc) is 3.08. The standard InChI is InChI=1S/C15H20N6O2/c1-3-4-5-13(22)17-12-8-6-11(7-9-12)15(23)16-10(2)14-18-20-21-19-14/h6-10H,3-5H2,1-2H3,(H,16,23)(H,17,22)(H,18,19,20,21)/t10-/m0/s1. The van der Waals surface area contributed by atoms with Crippen LogP contribution in [0.1, 0.15) is 55.3 Å². The zero-order valence-electron chi connectivity index (χ0n) is 13.2. The number of benzene rings is 1. The number of unbranched alkanes of at least 4 members (excludes halogenated alkanes) is 1. The summed E-state index contributed by atoms with van der Waals surface area (Å²) in [6, 6.07) is 6.38. The molecular weight excluding hydrogens is 296 g/mol. The van der Waals surface area contributed by atoms with E-state index in [1.165, 1.54) is 0 Å². The molecule has 0 saturated heterocycles. The van der Waals surface area contributed by atoms with Gasteiger partial charge in [0.05, 0.1) is 6.04 Å². The first-order valence-corrected chi connectivity index (χ1v) is 7.54. The molecule has 0 spiro atoms. The van der Waals surface area contributed by atoms with Gasteiger partial charge in [0.25, 0.3) is 5.91 Å². The molecule has 0 saturated carbocycles. The molecule has 0 aliphatic carbocycles. The highest BCUT2D eigenvalue weighted by Gasteiger charge is 2.14. The summed E-state index contributed by atoms with van der Waals surface area (Å²) in [6.45, 7) is 3.81. The van der Waals surface area contributed by atoms with Crippen LogP contribution >= 0.6 is 0 Å².